The summed E-state index contributed by atoms with van der Waals surface area (Å²) in [5, 5.41) is 0. The summed E-state index contributed by atoms with van der Waals surface area (Å²) in [5.74, 6) is 0.592. The quantitative estimate of drug-likeness (QED) is 0.799. The molecule has 5 nitrogen and oxygen atoms in total. The fourth-order valence-electron chi connectivity index (χ4n) is 3.94. The number of fused-ring (bicyclic) bond motifs is 1. The molecule has 1 atom stereocenters. The molecule has 1 unspecified atom stereocenters. The molecule has 138 valence electrons. The Hall–Kier alpha value is -2.82. The second kappa shape index (κ2) is 6.12. The molecule has 0 radical (unpaired) electrons. The maximum Gasteiger partial charge on any atom is 0.242 e. The van der Waals surface area contributed by atoms with E-state index in [0.29, 0.717) is 5.82 Å². The smallest absolute Gasteiger partial charge is 0.242 e. The lowest BCUT2D eigenvalue weighted by atomic mass is 9.85. The van der Waals surface area contributed by atoms with Crippen LogP contribution in [-0.4, -0.2) is 27.6 Å². The minimum absolute atomic E-state index is 0.0246. The molecule has 3 heterocycles. The molecule has 5 heteroatoms. The number of benzene rings is 1. The van der Waals surface area contributed by atoms with Gasteiger partial charge in [0.1, 0.15) is 0 Å². The van der Waals surface area contributed by atoms with Crippen molar-refractivity contribution in [2.75, 3.05) is 4.90 Å². The molecule has 1 amide bonds. The summed E-state index contributed by atoms with van der Waals surface area (Å²) in [5.41, 5.74) is 5.58. The van der Waals surface area contributed by atoms with E-state index in [1.54, 1.807) is 17.3 Å². The first-order chi connectivity index (χ1) is 12.8. The van der Waals surface area contributed by atoms with Gasteiger partial charge >= 0.3 is 0 Å². The molecule has 1 aromatic heterocycles. The third kappa shape index (κ3) is 2.87. The lowest BCUT2D eigenvalue weighted by molar-refractivity contribution is -0.121. The van der Waals surface area contributed by atoms with E-state index in [9.17, 15) is 4.79 Å². The fourth-order valence-corrected chi connectivity index (χ4v) is 3.94. The van der Waals surface area contributed by atoms with Gasteiger partial charge in [0, 0.05) is 5.71 Å². The number of aromatic nitrogens is 2. The van der Waals surface area contributed by atoms with E-state index in [2.05, 4.69) is 46.2 Å². The van der Waals surface area contributed by atoms with E-state index in [1.165, 1.54) is 5.57 Å². The number of carbonyl (C=O) groups is 1. The predicted molar refractivity (Wildman–Crippen MR) is 109 cm³/mol. The van der Waals surface area contributed by atoms with E-state index in [1.807, 2.05) is 27.7 Å². The monoisotopic (exact) mass is 360 g/mol. The molecule has 0 aliphatic carbocycles. The van der Waals surface area contributed by atoms with E-state index >= 15 is 0 Å². The minimum atomic E-state index is -0.591. The summed E-state index contributed by atoms with van der Waals surface area (Å²) in [6, 6.07) is 6.59. The maximum absolute atomic E-state index is 13.2. The van der Waals surface area contributed by atoms with Gasteiger partial charge in [-0.1, -0.05) is 12.1 Å². The summed E-state index contributed by atoms with van der Waals surface area (Å²) in [4.78, 5) is 28.3. The van der Waals surface area contributed by atoms with E-state index in [0.717, 1.165) is 34.6 Å². The molecular weight excluding hydrogens is 336 g/mol. The third-order valence-electron chi connectivity index (χ3n) is 5.34. The number of carbonyl (C=O) groups excluding carboxylic acids is 1. The van der Waals surface area contributed by atoms with Crippen molar-refractivity contribution in [2.24, 2.45) is 4.99 Å². The van der Waals surface area contributed by atoms with Crippen LogP contribution in [0.25, 0.3) is 5.57 Å². The zero-order valence-electron chi connectivity index (χ0n) is 16.4. The molecular formula is C22H24N4O. The number of aryl methyl sites for hydroxylation is 1. The highest BCUT2D eigenvalue weighted by molar-refractivity contribution is 6.12. The summed E-state index contributed by atoms with van der Waals surface area (Å²) in [6.07, 6.45) is 6.41. The van der Waals surface area contributed by atoms with Gasteiger partial charge < -0.3 is 0 Å². The number of dihydropyridines is 1. The van der Waals surface area contributed by atoms with Crippen molar-refractivity contribution < 1.29 is 4.79 Å². The third-order valence-corrected chi connectivity index (χ3v) is 5.34. The molecule has 2 aliphatic heterocycles. The predicted octanol–water partition coefficient (Wildman–Crippen LogP) is 4.38. The molecule has 1 aromatic carbocycles. The van der Waals surface area contributed by atoms with Crippen LogP contribution in [-0.2, 0) is 10.2 Å². The SMILES string of the molecule is CC1=NC(C)CC(c2ccc3c(c2)N(c2cnc(C)cn2)C(=O)C3(C)C)=C1. The number of hydrogen-bond acceptors (Lipinski definition) is 4. The standard InChI is InChI=1S/C22H24N4O/c1-13-8-17(9-14(2)25-13)16-6-7-18-19(10-16)26(21(27)22(18,4)5)20-12-23-15(3)11-24-20/h6-8,10-12,14H,9H2,1-5H3. The van der Waals surface area contributed by atoms with Crippen LogP contribution in [0.1, 0.15) is 50.9 Å². The summed E-state index contributed by atoms with van der Waals surface area (Å²) in [6.45, 7) is 9.98. The average molecular weight is 360 g/mol. The molecule has 2 aliphatic rings. The molecule has 27 heavy (non-hydrogen) atoms. The molecule has 4 rings (SSSR count). The molecule has 0 N–H and O–H groups in total. The Balaban J connectivity index is 1.84. The Kier molecular flexibility index (Phi) is 3.98. The van der Waals surface area contributed by atoms with Crippen LogP contribution in [0.3, 0.4) is 0 Å². The maximum atomic E-state index is 13.2. The topological polar surface area (TPSA) is 58.5 Å². The summed E-state index contributed by atoms with van der Waals surface area (Å²) < 4.78 is 0. The van der Waals surface area contributed by atoms with Gasteiger partial charge in [-0.2, -0.15) is 0 Å². The lowest BCUT2D eigenvalue weighted by Crippen LogP contribution is -2.33. The van der Waals surface area contributed by atoms with Crippen molar-refractivity contribution in [3.05, 3.63) is 53.5 Å². The van der Waals surface area contributed by atoms with Crippen LogP contribution >= 0.6 is 0 Å². The van der Waals surface area contributed by atoms with Gasteiger partial charge in [-0.15, -0.1) is 0 Å². The second-order valence-electron chi connectivity index (χ2n) is 8.01. The van der Waals surface area contributed by atoms with E-state index in [-0.39, 0.29) is 11.9 Å². The Morgan fingerprint density at radius 2 is 1.93 bits per heavy atom. The van der Waals surface area contributed by atoms with Gasteiger partial charge in [0.25, 0.3) is 0 Å². The first kappa shape index (κ1) is 17.6. The first-order valence-electron chi connectivity index (χ1n) is 9.30. The van der Waals surface area contributed by atoms with Crippen molar-refractivity contribution in [1.82, 2.24) is 9.97 Å². The number of allylic oxidation sites excluding steroid dienone is 1. The van der Waals surface area contributed by atoms with Gasteiger partial charge in [0.2, 0.25) is 5.91 Å². The van der Waals surface area contributed by atoms with Gasteiger partial charge in [0.15, 0.2) is 5.82 Å². The molecule has 0 bridgehead atoms. The Bertz CT molecular complexity index is 986. The molecule has 0 saturated carbocycles. The Labute approximate surface area is 159 Å². The zero-order chi connectivity index (χ0) is 19.3. The normalized spacial score (nSPS) is 21.0. The number of hydrogen-bond donors (Lipinski definition) is 0. The highest BCUT2D eigenvalue weighted by Crippen LogP contribution is 2.46. The molecule has 0 spiro atoms. The van der Waals surface area contributed by atoms with Crippen LogP contribution in [0, 0.1) is 6.92 Å². The Morgan fingerprint density at radius 1 is 1.15 bits per heavy atom. The average Bonchev–Trinajstić information content (AvgIpc) is 2.81. The van der Waals surface area contributed by atoms with Crippen molar-refractivity contribution >= 4 is 28.7 Å². The van der Waals surface area contributed by atoms with Crippen LogP contribution in [0.15, 0.2) is 41.7 Å². The van der Waals surface area contributed by atoms with Crippen molar-refractivity contribution in [3.63, 3.8) is 0 Å². The highest BCUT2D eigenvalue weighted by Gasteiger charge is 2.45. The zero-order valence-corrected chi connectivity index (χ0v) is 16.4. The van der Waals surface area contributed by atoms with Crippen molar-refractivity contribution in [1.29, 1.82) is 0 Å². The Morgan fingerprint density at radius 3 is 2.59 bits per heavy atom. The molecule has 2 aromatic rings. The molecule has 0 saturated heterocycles. The van der Waals surface area contributed by atoms with E-state index < -0.39 is 5.41 Å². The summed E-state index contributed by atoms with van der Waals surface area (Å²) >= 11 is 0. The van der Waals surface area contributed by atoms with Crippen LogP contribution in [0.2, 0.25) is 0 Å². The highest BCUT2D eigenvalue weighted by atomic mass is 16.2. The van der Waals surface area contributed by atoms with Crippen LogP contribution in [0.5, 0.6) is 0 Å². The fraction of sp³-hybridized carbons (Fsp3) is 0.364. The largest absolute Gasteiger partial charge is 0.287 e. The van der Waals surface area contributed by atoms with Crippen molar-refractivity contribution in [2.45, 2.75) is 52.5 Å². The number of rotatable bonds is 2. The molecule has 0 fully saturated rings. The number of anilines is 2. The van der Waals surface area contributed by atoms with Gasteiger partial charge in [-0.3, -0.25) is 19.7 Å². The van der Waals surface area contributed by atoms with E-state index in [4.69, 9.17) is 0 Å². The van der Waals surface area contributed by atoms with Crippen LogP contribution in [0.4, 0.5) is 11.5 Å². The van der Waals surface area contributed by atoms with Gasteiger partial charge in [-0.05, 0) is 69.9 Å². The van der Waals surface area contributed by atoms with Crippen molar-refractivity contribution in [3.8, 4) is 0 Å². The minimum Gasteiger partial charge on any atom is -0.287 e. The first-order valence-corrected chi connectivity index (χ1v) is 9.30. The lowest BCUT2D eigenvalue weighted by Gasteiger charge is -2.20. The van der Waals surface area contributed by atoms with Gasteiger partial charge in [0.05, 0.1) is 35.2 Å². The second-order valence-corrected chi connectivity index (χ2v) is 8.01. The number of nitrogens with zero attached hydrogens (tertiary/aromatic N) is 4. The number of amides is 1. The summed E-state index contributed by atoms with van der Waals surface area (Å²) in [7, 11) is 0. The number of aliphatic imine (C=N–C) groups is 1. The van der Waals surface area contributed by atoms with Crippen LogP contribution < -0.4 is 4.90 Å². The van der Waals surface area contributed by atoms with Gasteiger partial charge in [-0.25, -0.2) is 4.98 Å².